The second kappa shape index (κ2) is 11.5. The third-order valence-corrected chi connectivity index (χ3v) is 5.36. The van der Waals surface area contributed by atoms with E-state index in [0.717, 1.165) is 19.4 Å². The van der Waals surface area contributed by atoms with Gasteiger partial charge in [-0.1, -0.05) is 32.6 Å². The van der Waals surface area contributed by atoms with E-state index >= 15 is 0 Å². The van der Waals surface area contributed by atoms with Crippen LogP contribution >= 0.6 is 0 Å². The molecule has 10 heteroatoms. The first-order valence-corrected chi connectivity index (χ1v) is 10.2. The van der Waals surface area contributed by atoms with Crippen molar-refractivity contribution < 1.29 is 29.1 Å². The zero-order valence-electron chi connectivity index (χ0n) is 16.8. The van der Waals surface area contributed by atoms with Gasteiger partial charge in [0.25, 0.3) is 5.95 Å². The van der Waals surface area contributed by atoms with E-state index < -0.39 is 11.9 Å². The molecule has 0 aromatic carbocycles. The van der Waals surface area contributed by atoms with Crippen LogP contribution in [0.1, 0.15) is 70.1 Å². The van der Waals surface area contributed by atoms with Gasteiger partial charge in [0, 0.05) is 13.0 Å². The molecule has 29 heavy (non-hydrogen) atoms. The number of carbonyl (C=O) groups excluding carboxylic acids is 1. The predicted molar refractivity (Wildman–Crippen MR) is 103 cm³/mol. The van der Waals surface area contributed by atoms with Gasteiger partial charge in [0.1, 0.15) is 0 Å². The Bertz CT molecular complexity index is 672. The van der Waals surface area contributed by atoms with Crippen molar-refractivity contribution in [3.63, 3.8) is 0 Å². The molecule has 10 nitrogen and oxygen atoms in total. The molecule has 3 N–H and O–H groups in total. The molecule has 0 aliphatic carbocycles. The minimum absolute atomic E-state index is 0.0113. The van der Waals surface area contributed by atoms with Crippen molar-refractivity contribution in [3.8, 4) is 0 Å². The van der Waals surface area contributed by atoms with Crippen LogP contribution in [0.25, 0.3) is 0 Å². The van der Waals surface area contributed by atoms with E-state index in [1.54, 1.807) is 0 Å². The lowest BCUT2D eigenvalue weighted by atomic mass is 9.79. The Hall–Kier alpha value is -2.49. The van der Waals surface area contributed by atoms with Crippen molar-refractivity contribution in [3.05, 3.63) is 5.89 Å². The third-order valence-electron chi connectivity index (χ3n) is 5.36. The first-order valence-electron chi connectivity index (χ1n) is 10.2. The number of hydrogen-bond acceptors (Lipinski definition) is 7. The summed E-state index contributed by atoms with van der Waals surface area (Å²) in [4.78, 5) is 37.0. The molecular formula is C19H30N4O6. The maximum Gasteiger partial charge on any atom is 0.414 e. The lowest BCUT2D eigenvalue weighted by molar-refractivity contribution is -0.159. The van der Waals surface area contributed by atoms with Crippen molar-refractivity contribution in [1.29, 1.82) is 0 Å². The molecule has 1 aromatic heterocycles. The van der Waals surface area contributed by atoms with Crippen LogP contribution in [-0.4, -0.2) is 62.7 Å². The first kappa shape index (κ1) is 22.8. The molecule has 162 valence electrons. The minimum Gasteiger partial charge on any atom is -0.473 e. The molecule has 3 saturated heterocycles. The molecule has 3 fully saturated rings. The summed E-state index contributed by atoms with van der Waals surface area (Å²) in [5.74, 6) is -1.65. The lowest BCUT2D eigenvalue weighted by Gasteiger charge is -2.43. The molecule has 2 bridgehead atoms. The average molecular weight is 410 g/mol. The number of amides is 1. The SMILES string of the molecule is CCCCCCCC(=O)Nc1noc(C2CN3CCC2CC3)n1.O=C(O)C(=O)O. The Kier molecular flexibility index (Phi) is 9.04. The summed E-state index contributed by atoms with van der Waals surface area (Å²) in [5, 5.41) is 21.5. The number of unbranched alkanes of at least 4 members (excludes halogenated alkanes) is 4. The minimum atomic E-state index is -1.82. The molecular weight excluding hydrogens is 380 g/mol. The number of hydrogen-bond donors (Lipinski definition) is 3. The van der Waals surface area contributed by atoms with Crippen LogP contribution < -0.4 is 5.32 Å². The van der Waals surface area contributed by atoms with Gasteiger partial charge >= 0.3 is 11.9 Å². The van der Waals surface area contributed by atoms with Crippen molar-refractivity contribution >= 4 is 23.8 Å². The molecule has 0 radical (unpaired) electrons. The third kappa shape index (κ3) is 7.45. The van der Waals surface area contributed by atoms with Crippen LogP contribution in [0.2, 0.25) is 0 Å². The Morgan fingerprint density at radius 1 is 1.10 bits per heavy atom. The maximum absolute atomic E-state index is 11.9. The van der Waals surface area contributed by atoms with Gasteiger partial charge in [-0.3, -0.25) is 10.1 Å². The Labute approximate surface area is 169 Å². The highest BCUT2D eigenvalue weighted by molar-refractivity contribution is 6.27. The zero-order valence-corrected chi connectivity index (χ0v) is 16.8. The number of carbonyl (C=O) groups is 3. The van der Waals surface area contributed by atoms with E-state index in [-0.39, 0.29) is 5.91 Å². The summed E-state index contributed by atoms with van der Waals surface area (Å²) in [6.07, 6.45) is 8.67. The van der Waals surface area contributed by atoms with E-state index in [9.17, 15) is 4.79 Å². The van der Waals surface area contributed by atoms with Crippen molar-refractivity contribution in [2.75, 3.05) is 25.0 Å². The molecule has 1 amide bonds. The van der Waals surface area contributed by atoms with Gasteiger partial charge < -0.3 is 19.6 Å². The molecule has 3 aliphatic heterocycles. The summed E-state index contributed by atoms with van der Waals surface area (Å²) in [6, 6.07) is 0. The van der Waals surface area contributed by atoms with E-state index in [2.05, 4.69) is 27.3 Å². The number of piperidine rings is 3. The maximum atomic E-state index is 11.9. The smallest absolute Gasteiger partial charge is 0.414 e. The zero-order chi connectivity index (χ0) is 21.2. The van der Waals surface area contributed by atoms with Gasteiger partial charge in [0.2, 0.25) is 11.8 Å². The lowest BCUT2D eigenvalue weighted by Crippen LogP contribution is -2.46. The van der Waals surface area contributed by atoms with Crippen LogP contribution in [-0.2, 0) is 14.4 Å². The molecule has 4 heterocycles. The fraction of sp³-hybridized carbons (Fsp3) is 0.737. The van der Waals surface area contributed by atoms with Crippen LogP contribution in [0.4, 0.5) is 5.95 Å². The highest BCUT2D eigenvalue weighted by Crippen LogP contribution is 2.38. The monoisotopic (exact) mass is 410 g/mol. The number of aliphatic carboxylic acids is 2. The van der Waals surface area contributed by atoms with E-state index in [0.29, 0.717) is 30.1 Å². The largest absolute Gasteiger partial charge is 0.473 e. The second-order valence-electron chi connectivity index (χ2n) is 7.52. The highest BCUT2D eigenvalue weighted by atomic mass is 16.5. The molecule has 0 saturated carbocycles. The molecule has 0 spiro atoms. The number of fused-ring (bicyclic) bond motifs is 3. The van der Waals surface area contributed by atoms with Gasteiger partial charge in [-0.2, -0.15) is 4.98 Å². The average Bonchev–Trinajstić information content (AvgIpc) is 3.17. The number of rotatable bonds is 8. The molecule has 3 aliphatic rings. The van der Waals surface area contributed by atoms with E-state index in [1.165, 1.54) is 45.2 Å². The summed E-state index contributed by atoms with van der Waals surface area (Å²) in [7, 11) is 0. The summed E-state index contributed by atoms with van der Waals surface area (Å²) in [5.41, 5.74) is 0. The Balaban J connectivity index is 0.000000438. The number of carboxylic acids is 2. The molecule has 1 unspecified atom stereocenters. The molecule has 4 rings (SSSR count). The topological polar surface area (TPSA) is 146 Å². The van der Waals surface area contributed by atoms with Crippen LogP contribution in [0.5, 0.6) is 0 Å². The van der Waals surface area contributed by atoms with Gasteiger partial charge in [0.05, 0.1) is 5.92 Å². The second-order valence-corrected chi connectivity index (χ2v) is 7.52. The van der Waals surface area contributed by atoms with E-state index in [1.807, 2.05) is 0 Å². The molecule has 1 atom stereocenters. The van der Waals surface area contributed by atoms with Crippen LogP contribution in [0, 0.1) is 5.92 Å². The Morgan fingerprint density at radius 3 is 2.31 bits per heavy atom. The molecule has 1 aromatic rings. The summed E-state index contributed by atoms with van der Waals surface area (Å²) in [6.45, 7) is 5.58. The van der Waals surface area contributed by atoms with Gasteiger partial charge in [-0.15, -0.1) is 0 Å². The van der Waals surface area contributed by atoms with Crippen molar-refractivity contribution in [2.45, 2.75) is 64.2 Å². The van der Waals surface area contributed by atoms with E-state index in [4.69, 9.17) is 24.3 Å². The summed E-state index contributed by atoms with van der Waals surface area (Å²) >= 11 is 0. The van der Waals surface area contributed by atoms with Gasteiger partial charge in [-0.05, 0) is 43.4 Å². The highest BCUT2D eigenvalue weighted by Gasteiger charge is 2.38. The normalized spacial score (nSPS) is 22.4. The number of anilines is 1. The van der Waals surface area contributed by atoms with Gasteiger partial charge in [0.15, 0.2) is 0 Å². The fourth-order valence-corrected chi connectivity index (χ4v) is 3.76. The number of carboxylic acid groups (broad SMARTS) is 2. The first-order chi connectivity index (χ1) is 13.9. The number of nitrogens with one attached hydrogen (secondary N) is 1. The quantitative estimate of drug-likeness (QED) is 0.434. The van der Waals surface area contributed by atoms with Crippen LogP contribution in [0.3, 0.4) is 0 Å². The van der Waals surface area contributed by atoms with Gasteiger partial charge in [-0.25, -0.2) is 9.59 Å². The van der Waals surface area contributed by atoms with Crippen molar-refractivity contribution in [1.82, 2.24) is 15.0 Å². The number of nitrogens with zero attached hydrogens (tertiary/aromatic N) is 3. The van der Waals surface area contributed by atoms with Crippen LogP contribution in [0.15, 0.2) is 4.52 Å². The van der Waals surface area contributed by atoms with Crippen molar-refractivity contribution in [2.24, 2.45) is 5.92 Å². The fourth-order valence-electron chi connectivity index (χ4n) is 3.76. The predicted octanol–water partition coefficient (Wildman–Crippen LogP) is 2.33. The summed E-state index contributed by atoms with van der Waals surface area (Å²) < 4.78 is 5.41. The Morgan fingerprint density at radius 2 is 1.76 bits per heavy atom. The standard InChI is InChI=1S/C17H28N4O2.C2H2O4/c1-2-3-4-5-6-7-15(22)18-17-19-16(23-20-17)14-12-21-10-8-13(14)9-11-21;3-1(4)2(5)6/h13-14H,2-12H2,1H3,(H,18,20,22);(H,3,4)(H,5,6). The number of aromatic nitrogens is 2.